The van der Waals surface area contributed by atoms with Gasteiger partial charge in [0.25, 0.3) is 0 Å². The number of carbonyl (C=O) groups excluding carboxylic acids is 1. The molecule has 1 saturated heterocycles. The predicted molar refractivity (Wildman–Crippen MR) is 81.8 cm³/mol. The SMILES string of the molecule is O=C(CC1CCNC1)Nc1cccc(-c2nccs2)c1. The fourth-order valence-corrected chi connectivity index (χ4v) is 3.09. The molecule has 104 valence electrons. The molecule has 1 fully saturated rings. The van der Waals surface area contributed by atoms with Crippen LogP contribution in [0.15, 0.2) is 35.8 Å². The van der Waals surface area contributed by atoms with Crippen LogP contribution >= 0.6 is 11.3 Å². The van der Waals surface area contributed by atoms with E-state index in [0.717, 1.165) is 35.8 Å². The van der Waals surface area contributed by atoms with Crippen LogP contribution in [0.2, 0.25) is 0 Å². The molecule has 1 aromatic carbocycles. The second kappa shape index (κ2) is 6.15. The Morgan fingerprint density at radius 2 is 2.45 bits per heavy atom. The quantitative estimate of drug-likeness (QED) is 0.909. The first-order valence-electron chi connectivity index (χ1n) is 6.82. The molecule has 0 aliphatic carbocycles. The van der Waals surface area contributed by atoms with Gasteiger partial charge < -0.3 is 10.6 Å². The van der Waals surface area contributed by atoms with Crippen molar-refractivity contribution in [2.75, 3.05) is 18.4 Å². The highest BCUT2D eigenvalue weighted by molar-refractivity contribution is 7.13. The molecule has 5 heteroatoms. The number of benzene rings is 1. The van der Waals surface area contributed by atoms with E-state index in [1.807, 2.05) is 29.6 Å². The summed E-state index contributed by atoms with van der Waals surface area (Å²) in [7, 11) is 0. The van der Waals surface area contributed by atoms with E-state index >= 15 is 0 Å². The van der Waals surface area contributed by atoms with Gasteiger partial charge in [-0.25, -0.2) is 4.98 Å². The normalized spacial score (nSPS) is 18.1. The molecule has 1 aliphatic rings. The molecule has 1 unspecified atom stereocenters. The molecule has 3 rings (SSSR count). The molecule has 0 radical (unpaired) electrons. The van der Waals surface area contributed by atoms with E-state index in [1.165, 1.54) is 0 Å². The molecular weight excluding hydrogens is 270 g/mol. The number of carbonyl (C=O) groups is 1. The molecule has 0 spiro atoms. The van der Waals surface area contributed by atoms with E-state index in [-0.39, 0.29) is 5.91 Å². The Bertz CT molecular complexity index is 577. The van der Waals surface area contributed by atoms with Gasteiger partial charge in [0.15, 0.2) is 0 Å². The van der Waals surface area contributed by atoms with Gasteiger partial charge in [0.1, 0.15) is 5.01 Å². The maximum Gasteiger partial charge on any atom is 0.224 e. The number of hydrogen-bond acceptors (Lipinski definition) is 4. The minimum atomic E-state index is 0.0926. The number of hydrogen-bond donors (Lipinski definition) is 2. The Labute approximate surface area is 122 Å². The summed E-state index contributed by atoms with van der Waals surface area (Å²) in [5.41, 5.74) is 1.88. The minimum absolute atomic E-state index is 0.0926. The fourth-order valence-electron chi connectivity index (χ4n) is 2.46. The molecule has 1 aromatic heterocycles. The first-order valence-corrected chi connectivity index (χ1v) is 7.70. The summed E-state index contributed by atoms with van der Waals surface area (Å²) in [4.78, 5) is 16.3. The maximum absolute atomic E-state index is 12.0. The molecule has 20 heavy (non-hydrogen) atoms. The van der Waals surface area contributed by atoms with E-state index < -0.39 is 0 Å². The molecule has 0 saturated carbocycles. The van der Waals surface area contributed by atoms with Crippen LogP contribution in [0.1, 0.15) is 12.8 Å². The van der Waals surface area contributed by atoms with Crippen molar-refractivity contribution >= 4 is 22.9 Å². The van der Waals surface area contributed by atoms with E-state index in [0.29, 0.717) is 12.3 Å². The van der Waals surface area contributed by atoms with Crippen molar-refractivity contribution in [1.29, 1.82) is 0 Å². The third-order valence-electron chi connectivity index (χ3n) is 3.46. The van der Waals surface area contributed by atoms with Gasteiger partial charge in [-0.15, -0.1) is 11.3 Å². The van der Waals surface area contributed by atoms with Gasteiger partial charge in [-0.2, -0.15) is 0 Å². The Morgan fingerprint density at radius 3 is 3.20 bits per heavy atom. The van der Waals surface area contributed by atoms with Crippen molar-refractivity contribution in [3.05, 3.63) is 35.8 Å². The molecule has 1 atom stereocenters. The fraction of sp³-hybridized carbons (Fsp3) is 0.333. The first kappa shape index (κ1) is 13.3. The van der Waals surface area contributed by atoms with Crippen molar-refractivity contribution < 1.29 is 4.79 Å². The van der Waals surface area contributed by atoms with Crippen molar-refractivity contribution in [2.45, 2.75) is 12.8 Å². The highest BCUT2D eigenvalue weighted by Gasteiger charge is 2.18. The lowest BCUT2D eigenvalue weighted by Crippen LogP contribution is -2.18. The van der Waals surface area contributed by atoms with Crippen LogP contribution in [-0.2, 0) is 4.79 Å². The van der Waals surface area contributed by atoms with Gasteiger partial charge >= 0.3 is 0 Å². The average Bonchev–Trinajstić information content (AvgIpc) is 3.11. The van der Waals surface area contributed by atoms with E-state index in [9.17, 15) is 4.79 Å². The summed E-state index contributed by atoms with van der Waals surface area (Å²) in [6.45, 7) is 1.98. The van der Waals surface area contributed by atoms with Gasteiger partial charge in [0.05, 0.1) is 0 Å². The lowest BCUT2D eigenvalue weighted by atomic mass is 10.0. The Kier molecular flexibility index (Phi) is 4.08. The highest BCUT2D eigenvalue weighted by Crippen LogP contribution is 2.24. The molecule has 2 heterocycles. The first-order chi connectivity index (χ1) is 9.81. The van der Waals surface area contributed by atoms with E-state index in [4.69, 9.17) is 0 Å². The highest BCUT2D eigenvalue weighted by atomic mass is 32.1. The molecule has 0 bridgehead atoms. The second-order valence-corrected chi connectivity index (χ2v) is 5.92. The zero-order valence-electron chi connectivity index (χ0n) is 11.1. The molecule has 4 nitrogen and oxygen atoms in total. The maximum atomic E-state index is 12.0. The van der Waals surface area contributed by atoms with Gasteiger partial charge in [0.2, 0.25) is 5.91 Å². The Morgan fingerprint density at radius 1 is 1.50 bits per heavy atom. The largest absolute Gasteiger partial charge is 0.326 e. The van der Waals surface area contributed by atoms with Crippen LogP contribution in [0, 0.1) is 5.92 Å². The van der Waals surface area contributed by atoms with E-state index in [1.54, 1.807) is 17.5 Å². The minimum Gasteiger partial charge on any atom is -0.326 e. The number of aromatic nitrogens is 1. The average molecular weight is 287 g/mol. The molecule has 1 amide bonds. The standard InChI is InChI=1S/C15H17N3OS/c19-14(8-11-4-5-16-10-11)18-13-3-1-2-12(9-13)15-17-6-7-20-15/h1-3,6-7,9,11,16H,4-5,8,10H2,(H,18,19). The summed E-state index contributed by atoms with van der Waals surface area (Å²) in [5, 5.41) is 9.19. The number of anilines is 1. The summed E-state index contributed by atoms with van der Waals surface area (Å²) in [5.74, 6) is 0.562. The van der Waals surface area contributed by atoms with Crippen LogP contribution in [0.4, 0.5) is 5.69 Å². The zero-order chi connectivity index (χ0) is 13.8. The number of nitrogens with zero attached hydrogens (tertiary/aromatic N) is 1. The van der Waals surface area contributed by atoms with Gasteiger partial charge in [-0.05, 0) is 37.6 Å². The van der Waals surface area contributed by atoms with E-state index in [2.05, 4.69) is 15.6 Å². The molecule has 2 N–H and O–H groups in total. The van der Waals surface area contributed by atoms with Crippen LogP contribution in [0.5, 0.6) is 0 Å². The van der Waals surface area contributed by atoms with Crippen LogP contribution in [0.25, 0.3) is 10.6 Å². The Balaban J connectivity index is 1.65. The topological polar surface area (TPSA) is 54.0 Å². The van der Waals surface area contributed by atoms with Gasteiger partial charge in [-0.3, -0.25) is 4.79 Å². The third kappa shape index (κ3) is 3.23. The lowest BCUT2D eigenvalue weighted by molar-refractivity contribution is -0.116. The summed E-state index contributed by atoms with van der Waals surface area (Å²) >= 11 is 1.60. The lowest BCUT2D eigenvalue weighted by Gasteiger charge is -2.09. The van der Waals surface area contributed by atoms with Crippen LogP contribution in [-0.4, -0.2) is 24.0 Å². The summed E-state index contributed by atoms with van der Waals surface area (Å²) in [6, 6.07) is 7.85. The monoisotopic (exact) mass is 287 g/mol. The smallest absolute Gasteiger partial charge is 0.224 e. The molecule has 2 aromatic rings. The van der Waals surface area contributed by atoms with Crippen molar-refractivity contribution in [2.24, 2.45) is 5.92 Å². The van der Waals surface area contributed by atoms with Crippen molar-refractivity contribution in [3.63, 3.8) is 0 Å². The molecule has 1 aliphatic heterocycles. The Hall–Kier alpha value is -1.72. The number of amides is 1. The zero-order valence-corrected chi connectivity index (χ0v) is 12.0. The predicted octanol–water partition coefficient (Wildman–Crippen LogP) is 2.75. The van der Waals surface area contributed by atoms with Gasteiger partial charge in [-0.1, -0.05) is 12.1 Å². The number of thiazole rings is 1. The number of rotatable bonds is 4. The number of nitrogens with one attached hydrogen (secondary N) is 2. The third-order valence-corrected chi connectivity index (χ3v) is 4.28. The summed E-state index contributed by atoms with van der Waals surface area (Å²) in [6.07, 6.45) is 3.47. The second-order valence-electron chi connectivity index (χ2n) is 5.03. The van der Waals surface area contributed by atoms with Crippen molar-refractivity contribution in [3.8, 4) is 10.6 Å². The summed E-state index contributed by atoms with van der Waals surface area (Å²) < 4.78 is 0. The van der Waals surface area contributed by atoms with Crippen LogP contribution < -0.4 is 10.6 Å². The van der Waals surface area contributed by atoms with Crippen molar-refractivity contribution in [1.82, 2.24) is 10.3 Å². The molecular formula is C15H17N3OS. The van der Waals surface area contributed by atoms with Gasteiger partial charge in [0, 0.05) is 29.2 Å². The van der Waals surface area contributed by atoms with Crippen LogP contribution in [0.3, 0.4) is 0 Å².